The van der Waals surface area contributed by atoms with Gasteiger partial charge in [0, 0.05) is 12.4 Å². The molecule has 230 valence electrons. The molecule has 9 nitrogen and oxygen atoms in total. The molecule has 0 fully saturated rings. The Morgan fingerprint density at radius 2 is 1.82 bits per heavy atom. The molecule has 1 aromatic carbocycles. The van der Waals surface area contributed by atoms with Gasteiger partial charge >= 0.3 is 24.3 Å². The number of ether oxygens (including phenoxy) is 1. The number of halogens is 6. The lowest BCUT2D eigenvalue weighted by molar-refractivity contribution is -0.189. The quantitative estimate of drug-likeness (QED) is 0.162. The van der Waals surface area contributed by atoms with Crippen LogP contribution in [0.15, 0.2) is 48.8 Å². The topological polar surface area (TPSA) is 140 Å². The second-order valence-corrected chi connectivity index (χ2v) is 11.0. The van der Waals surface area contributed by atoms with Gasteiger partial charge in [-0.2, -0.15) is 26.3 Å². The molecule has 3 aromatic heterocycles. The Hall–Kier alpha value is -4.57. The van der Waals surface area contributed by atoms with Gasteiger partial charge in [-0.25, -0.2) is 24.5 Å². The van der Waals surface area contributed by atoms with Crippen LogP contribution in [0.4, 0.5) is 38.0 Å². The van der Waals surface area contributed by atoms with Crippen molar-refractivity contribution < 1.29 is 45.8 Å². The fourth-order valence-electron chi connectivity index (χ4n) is 4.85. The van der Waals surface area contributed by atoms with Gasteiger partial charge in [0.2, 0.25) is 0 Å². The third-order valence-electron chi connectivity index (χ3n) is 6.90. The van der Waals surface area contributed by atoms with Gasteiger partial charge in [-0.1, -0.05) is 6.07 Å². The standard InChI is InChI=1S/C28H21F6N5O4S/c1-13-9-20(38-19-11-16(6-8-36-19)27(29,30)31)39-21(22(13)43-25(42)28(32,33)34)18-12-37-24(44-18)26(35)7-2-3-14-10-15(23(40)41)4-5-17(14)26/h4-6,8-12H,2-3,7,35H2,1H3,(H,40,41)(H,36,38,39). The Morgan fingerprint density at radius 3 is 2.50 bits per heavy atom. The summed E-state index contributed by atoms with van der Waals surface area (Å²) in [6, 6.07) is 7.23. The number of pyridine rings is 2. The van der Waals surface area contributed by atoms with Gasteiger partial charge in [-0.15, -0.1) is 11.3 Å². The summed E-state index contributed by atoms with van der Waals surface area (Å²) >= 11 is 0.964. The van der Waals surface area contributed by atoms with Crippen LogP contribution >= 0.6 is 11.3 Å². The highest BCUT2D eigenvalue weighted by Gasteiger charge is 2.43. The molecule has 5 rings (SSSR count). The first kappa shape index (κ1) is 30.9. The summed E-state index contributed by atoms with van der Waals surface area (Å²) in [5.74, 6) is -4.49. The van der Waals surface area contributed by atoms with Crippen LogP contribution in [0.2, 0.25) is 0 Å². The largest absolute Gasteiger partial charge is 0.491 e. The fraction of sp³-hybridized carbons (Fsp3) is 0.250. The van der Waals surface area contributed by atoms with E-state index in [1.165, 1.54) is 31.3 Å². The van der Waals surface area contributed by atoms with Crippen molar-refractivity contribution in [3.63, 3.8) is 0 Å². The Labute approximate surface area is 248 Å². The lowest BCUT2D eigenvalue weighted by atomic mass is 9.77. The van der Waals surface area contributed by atoms with Crippen LogP contribution in [0.5, 0.6) is 5.75 Å². The number of hydrogen-bond acceptors (Lipinski definition) is 9. The SMILES string of the molecule is Cc1cc(Nc2cc(C(F)(F)F)ccn2)nc(-c2cnc(C3(N)CCCc4cc(C(=O)O)ccc43)s2)c1OC(=O)C(F)(F)F. The number of carbonyl (C=O) groups is 2. The number of hydrogen-bond donors (Lipinski definition) is 3. The monoisotopic (exact) mass is 637 g/mol. The molecule has 0 spiro atoms. The first-order chi connectivity index (χ1) is 20.6. The lowest BCUT2D eigenvalue weighted by Crippen LogP contribution is -2.41. The average molecular weight is 638 g/mol. The molecule has 1 atom stereocenters. The number of benzene rings is 1. The molecule has 1 unspecified atom stereocenters. The molecule has 44 heavy (non-hydrogen) atoms. The van der Waals surface area contributed by atoms with E-state index >= 15 is 0 Å². The lowest BCUT2D eigenvalue weighted by Gasteiger charge is -2.34. The number of alkyl halides is 6. The Morgan fingerprint density at radius 1 is 1.07 bits per heavy atom. The van der Waals surface area contributed by atoms with Crippen molar-refractivity contribution in [2.24, 2.45) is 5.73 Å². The van der Waals surface area contributed by atoms with Gasteiger partial charge in [0.25, 0.3) is 0 Å². The molecule has 0 amide bonds. The third-order valence-corrected chi connectivity index (χ3v) is 8.08. The minimum absolute atomic E-state index is 0.00343. The number of aryl methyl sites for hydroxylation is 2. The second-order valence-electron chi connectivity index (χ2n) is 9.97. The molecular weight excluding hydrogens is 616 g/mol. The molecule has 1 aliphatic rings. The van der Waals surface area contributed by atoms with Gasteiger partial charge in [-0.05, 0) is 73.2 Å². The predicted molar refractivity (Wildman–Crippen MR) is 146 cm³/mol. The first-order valence-corrected chi connectivity index (χ1v) is 13.6. The summed E-state index contributed by atoms with van der Waals surface area (Å²) in [5, 5.41) is 12.3. The van der Waals surface area contributed by atoms with E-state index in [4.69, 9.17) is 10.5 Å². The number of carbonyl (C=O) groups excluding carboxylic acids is 1. The maximum atomic E-state index is 13.2. The number of carboxylic acids is 1. The molecule has 4 N–H and O–H groups in total. The average Bonchev–Trinajstić information content (AvgIpc) is 3.44. The zero-order chi connectivity index (χ0) is 32.0. The fourth-order valence-corrected chi connectivity index (χ4v) is 5.90. The number of aromatic nitrogens is 3. The summed E-state index contributed by atoms with van der Waals surface area (Å²) in [6.07, 6.45) is -6.19. The summed E-state index contributed by atoms with van der Waals surface area (Å²) in [7, 11) is 0. The van der Waals surface area contributed by atoms with Gasteiger partial charge in [0.05, 0.1) is 21.5 Å². The number of fused-ring (bicyclic) bond motifs is 1. The zero-order valence-electron chi connectivity index (χ0n) is 22.5. The van der Waals surface area contributed by atoms with Crippen LogP contribution in [0.3, 0.4) is 0 Å². The molecule has 0 saturated heterocycles. The number of thiazole rings is 1. The molecule has 0 bridgehead atoms. The third kappa shape index (κ3) is 6.07. The number of nitrogens with two attached hydrogens (primary N) is 1. The number of anilines is 2. The number of rotatable bonds is 6. The molecule has 0 radical (unpaired) electrons. The van der Waals surface area contributed by atoms with Gasteiger partial charge in [0.1, 0.15) is 22.3 Å². The van der Waals surface area contributed by atoms with E-state index in [-0.39, 0.29) is 33.3 Å². The molecule has 1 aliphatic carbocycles. The van der Waals surface area contributed by atoms with Crippen LogP contribution in [0.25, 0.3) is 10.6 Å². The number of carboxylic acid groups (broad SMARTS) is 1. The molecular formula is C28H21F6N5O4S. The van der Waals surface area contributed by atoms with Crippen LogP contribution in [-0.2, 0) is 22.9 Å². The van der Waals surface area contributed by atoms with Crippen molar-refractivity contribution in [3.05, 3.63) is 81.6 Å². The van der Waals surface area contributed by atoms with Crippen LogP contribution < -0.4 is 15.8 Å². The second kappa shape index (κ2) is 11.2. The van der Waals surface area contributed by atoms with Gasteiger partial charge in [-0.3, -0.25) is 0 Å². The first-order valence-electron chi connectivity index (χ1n) is 12.8. The van der Waals surface area contributed by atoms with Crippen molar-refractivity contribution in [1.82, 2.24) is 15.0 Å². The Balaban J connectivity index is 1.58. The van der Waals surface area contributed by atoms with Crippen molar-refractivity contribution in [2.45, 2.75) is 44.1 Å². The van der Waals surface area contributed by atoms with E-state index in [0.29, 0.717) is 35.4 Å². The molecule has 4 aromatic rings. The van der Waals surface area contributed by atoms with Gasteiger partial charge < -0.3 is 20.9 Å². The Bertz CT molecular complexity index is 1770. The number of esters is 1. The van der Waals surface area contributed by atoms with E-state index < -0.39 is 41.1 Å². The maximum absolute atomic E-state index is 13.2. The van der Waals surface area contributed by atoms with Crippen molar-refractivity contribution in [3.8, 4) is 16.3 Å². The summed E-state index contributed by atoms with van der Waals surface area (Å²) in [6.45, 7) is 1.33. The number of nitrogens with zero attached hydrogens (tertiary/aromatic N) is 3. The maximum Gasteiger partial charge on any atom is 0.491 e. The summed E-state index contributed by atoms with van der Waals surface area (Å²) < 4.78 is 83.8. The van der Waals surface area contributed by atoms with Crippen molar-refractivity contribution in [2.75, 3.05) is 5.32 Å². The zero-order valence-corrected chi connectivity index (χ0v) is 23.3. The number of nitrogens with one attached hydrogen (secondary N) is 1. The molecule has 0 aliphatic heterocycles. The van der Waals surface area contributed by atoms with E-state index in [0.717, 1.165) is 29.7 Å². The summed E-state index contributed by atoms with van der Waals surface area (Å²) in [4.78, 5) is 36.0. The normalized spacial score (nSPS) is 16.7. The van der Waals surface area contributed by atoms with Gasteiger partial charge in [0.15, 0.2) is 5.75 Å². The Kier molecular flexibility index (Phi) is 7.84. The van der Waals surface area contributed by atoms with Crippen molar-refractivity contribution in [1.29, 1.82) is 0 Å². The van der Waals surface area contributed by atoms with E-state index in [1.54, 1.807) is 6.07 Å². The highest BCUT2D eigenvalue weighted by Crippen LogP contribution is 2.44. The van der Waals surface area contributed by atoms with E-state index in [9.17, 15) is 41.0 Å². The number of aromatic carboxylic acids is 1. The van der Waals surface area contributed by atoms with Crippen molar-refractivity contribution >= 4 is 34.9 Å². The highest BCUT2D eigenvalue weighted by molar-refractivity contribution is 7.15. The van der Waals surface area contributed by atoms with E-state index in [1.807, 2.05) is 0 Å². The minimum atomic E-state index is -5.33. The van der Waals surface area contributed by atoms with E-state index in [2.05, 4.69) is 20.3 Å². The molecule has 16 heteroatoms. The minimum Gasteiger partial charge on any atom is -0.478 e. The summed E-state index contributed by atoms with van der Waals surface area (Å²) in [5.41, 5.74) is 5.84. The smallest absolute Gasteiger partial charge is 0.478 e. The van der Waals surface area contributed by atoms with Crippen LogP contribution in [0, 0.1) is 6.92 Å². The molecule has 3 heterocycles. The highest BCUT2D eigenvalue weighted by atomic mass is 32.1. The molecule has 0 saturated carbocycles. The predicted octanol–water partition coefficient (Wildman–Crippen LogP) is 6.38. The van der Waals surface area contributed by atoms with Crippen LogP contribution in [0.1, 0.15) is 50.5 Å². The van der Waals surface area contributed by atoms with Crippen LogP contribution in [-0.4, -0.2) is 38.2 Å².